The van der Waals surface area contributed by atoms with E-state index >= 15 is 0 Å². The third-order valence-corrected chi connectivity index (χ3v) is 2.96. The molecule has 2 aromatic carbocycles. The predicted molar refractivity (Wildman–Crippen MR) is 77.4 cm³/mol. The quantitative estimate of drug-likeness (QED) is 0.750. The predicted octanol–water partition coefficient (Wildman–Crippen LogP) is 3.92. The minimum atomic E-state index is 0.542. The van der Waals surface area contributed by atoms with Gasteiger partial charge in [-0.3, -0.25) is 4.98 Å². The van der Waals surface area contributed by atoms with Crippen LogP contribution >= 0.6 is 0 Å². The van der Waals surface area contributed by atoms with Crippen molar-refractivity contribution in [2.45, 2.75) is 6.92 Å². The van der Waals surface area contributed by atoms with Gasteiger partial charge in [-0.15, -0.1) is 0 Å². The van der Waals surface area contributed by atoms with Gasteiger partial charge in [-0.1, -0.05) is 24.3 Å². The summed E-state index contributed by atoms with van der Waals surface area (Å²) in [5, 5.41) is 0.920. The fourth-order valence-electron chi connectivity index (χ4n) is 2.04. The van der Waals surface area contributed by atoms with Gasteiger partial charge in [0, 0.05) is 5.39 Å². The molecule has 0 radical (unpaired) electrons. The molecule has 0 fully saturated rings. The van der Waals surface area contributed by atoms with Crippen LogP contribution in [-0.4, -0.2) is 4.98 Å². The average molecular weight is 250 g/mol. The van der Waals surface area contributed by atoms with E-state index in [1.54, 1.807) is 6.20 Å². The maximum Gasteiger partial charge on any atom is 0.161 e. The Labute approximate surface area is 111 Å². The molecule has 1 heterocycles. The zero-order chi connectivity index (χ0) is 13.2. The van der Waals surface area contributed by atoms with Gasteiger partial charge in [0.15, 0.2) is 5.75 Å². The topological polar surface area (TPSA) is 48.1 Å². The number of aryl methyl sites for hydroxylation is 1. The van der Waals surface area contributed by atoms with Crippen LogP contribution in [0.25, 0.3) is 10.9 Å². The summed E-state index contributed by atoms with van der Waals surface area (Å²) in [6.07, 6.45) is 1.63. The fraction of sp³-hybridized carbons (Fsp3) is 0.0625. The molecule has 0 atom stereocenters. The number of aromatic nitrogens is 1. The molecule has 3 aromatic rings. The van der Waals surface area contributed by atoms with Gasteiger partial charge < -0.3 is 10.5 Å². The van der Waals surface area contributed by atoms with Crippen molar-refractivity contribution in [1.82, 2.24) is 4.98 Å². The zero-order valence-corrected chi connectivity index (χ0v) is 10.6. The van der Waals surface area contributed by atoms with Gasteiger partial charge in [-0.05, 0) is 36.8 Å². The van der Waals surface area contributed by atoms with Crippen LogP contribution in [0, 0.1) is 6.92 Å². The van der Waals surface area contributed by atoms with E-state index in [9.17, 15) is 0 Å². The third kappa shape index (κ3) is 2.22. The molecule has 1 aromatic heterocycles. The summed E-state index contributed by atoms with van der Waals surface area (Å²) in [5.41, 5.74) is 8.55. The molecule has 19 heavy (non-hydrogen) atoms. The number of fused-ring (bicyclic) bond motifs is 1. The second-order valence-corrected chi connectivity index (χ2v) is 4.48. The van der Waals surface area contributed by atoms with Crippen molar-refractivity contribution >= 4 is 16.6 Å². The molecule has 2 N–H and O–H groups in total. The summed E-state index contributed by atoms with van der Waals surface area (Å²) in [7, 11) is 0. The normalized spacial score (nSPS) is 10.6. The summed E-state index contributed by atoms with van der Waals surface area (Å²) in [6, 6.07) is 15.7. The lowest BCUT2D eigenvalue weighted by atomic mass is 10.2. The maximum atomic E-state index is 5.99. The van der Waals surface area contributed by atoms with Crippen LogP contribution in [0.15, 0.2) is 54.7 Å². The highest BCUT2D eigenvalue weighted by Gasteiger charge is 2.08. The number of ether oxygens (including phenoxy) is 1. The first-order valence-electron chi connectivity index (χ1n) is 6.12. The Balaban J connectivity index is 2.12. The van der Waals surface area contributed by atoms with Crippen molar-refractivity contribution < 1.29 is 4.74 Å². The molecule has 3 nitrogen and oxygen atoms in total. The number of para-hydroxylation sites is 1. The van der Waals surface area contributed by atoms with Crippen molar-refractivity contribution in [1.29, 1.82) is 0 Å². The van der Waals surface area contributed by atoms with Gasteiger partial charge >= 0.3 is 0 Å². The lowest BCUT2D eigenvalue weighted by Crippen LogP contribution is -1.95. The summed E-state index contributed by atoms with van der Waals surface area (Å²) in [6.45, 7) is 2.03. The molecule has 3 rings (SSSR count). The number of rotatable bonds is 2. The van der Waals surface area contributed by atoms with Gasteiger partial charge in [-0.25, -0.2) is 0 Å². The van der Waals surface area contributed by atoms with Crippen LogP contribution in [0.5, 0.6) is 11.5 Å². The van der Waals surface area contributed by atoms with Gasteiger partial charge in [0.1, 0.15) is 5.75 Å². The van der Waals surface area contributed by atoms with E-state index in [1.165, 1.54) is 0 Å². The van der Waals surface area contributed by atoms with Crippen molar-refractivity contribution in [2.24, 2.45) is 0 Å². The van der Waals surface area contributed by atoms with E-state index < -0.39 is 0 Å². The molecule has 0 spiro atoms. The highest BCUT2D eigenvalue weighted by molar-refractivity contribution is 5.89. The standard InChI is InChI=1S/C16H14N2O/c1-11-5-4-6-12(9-11)19-16-13-7-2-3-8-15(13)18-10-14(16)17/h2-10H,17H2,1H3. The number of nitrogens with two attached hydrogens (primary N) is 1. The largest absolute Gasteiger partial charge is 0.454 e. The molecule has 94 valence electrons. The van der Waals surface area contributed by atoms with Crippen molar-refractivity contribution in [2.75, 3.05) is 5.73 Å². The average Bonchev–Trinajstić information content (AvgIpc) is 2.42. The first kappa shape index (κ1) is 11.5. The second-order valence-electron chi connectivity index (χ2n) is 4.48. The Bertz CT molecular complexity index is 738. The Morgan fingerprint density at radius 1 is 1.05 bits per heavy atom. The molecule has 0 bridgehead atoms. The molecule has 0 saturated heterocycles. The van der Waals surface area contributed by atoms with E-state index in [4.69, 9.17) is 10.5 Å². The van der Waals surface area contributed by atoms with Gasteiger partial charge in [0.25, 0.3) is 0 Å². The maximum absolute atomic E-state index is 5.99. The molecular weight excluding hydrogens is 236 g/mol. The monoisotopic (exact) mass is 250 g/mol. The Morgan fingerprint density at radius 2 is 1.89 bits per heavy atom. The lowest BCUT2D eigenvalue weighted by Gasteiger charge is -2.11. The van der Waals surface area contributed by atoms with Crippen LogP contribution in [0.1, 0.15) is 5.56 Å². The van der Waals surface area contributed by atoms with E-state index in [0.717, 1.165) is 22.2 Å². The molecule has 0 saturated carbocycles. The van der Waals surface area contributed by atoms with Crippen molar-refractivity contribution in [3.8, 4) is 11.5 Å². The van der Waals surface area contributed by atoms with Crippen LogP contribution in [0.3, 0.4) is 0 Å². The highest BCUT2D eigenvalue weighted by atomic mass is 16.5. The van der Waals surface area contributed by atoms with Gasteiger partial charge in [-0.2, -0.15) is 0 Å². The number of hydrogen-bond acceptors (Lipinski definition) is 3. The van der Waals surface area contributed by atoms with Gasteiger partial charge in [0.05, 0.1) is 17.4 Å². The van der Waals surface area contributed by atoms with Gasteiger partial charge in [0.2, 0.25) is 0 Å². The number of benzene rings is 2. The summed E-state index contributed by atoms with van der Waals surface area (Å²) >= 11 is 0. The smallest absolute Gasteiger partial charge is 0.161 e. The van der Waals surface area contributed by atoms with Crippen LogP contribution in [0.4, 0.5) is 5.69 Å². The minimum Gasteiger partial charge on any atom is -0.454 e. The number of hydrogen-bond donors (Lipinski definition) is 1. The summed E-state index contributed by atoms with van der Waals surface area (Å²) < 4.78 is 5.94. The number of anilines is 1. The Morgan fingerprint density at radius 3 is 2.74 bits per heavy atom. The van der Waals surface area contributed by atoms with E-state index in [2.05, 4.69) is 4.98 Å². The summed E-state index contributed by atoms with van der Waals surface area (Å²) in [4.78, 5) is 4.30. The number of nitrogens with zero attached hydrogens (tertiary/aromatic N) is 1. The number of nitrogen functional groups attached to an aromatic ring is 1. The molecule has 0 amide bonds. The zero-order valence-electron chi connectivity index (χ0n) is 10.6. The van der Waals surface area contributed by atoms with E-state index in [1.807, 2.05) is 55.5 Å². The summed E-state index contributed by atoms with van der Waals surface area (Å²) in [5.74, 6) is 1.44. The van der Waals surface area contributed by atoms with Crippen molar-refractivity contribution in [3.63, 3.8) is 0 Å². The molecule has 0 aliphatic rings. The Kier molecular flexibility index (Phi) is 2.80. The number of pyridine rings is 1. The van der Waals surface area contributed by atoms with Crippen LogP contribution < -0.4 is 10.5 Å². The van der Waals surface area contributed by atoms with Crippen LogP contribution in [-0.2, 0) is 0 Å². The first-order chi connectivity index (χ1) is 9.24. The minimum absolute atomic E-state index is 0.542. The van der Waals surface area contributed by atoms with E-state index in [0.29, 0.717) is 11.4 Å². The molecular formula is C16H14N2O. The molecule has 3 heteroatoms. The fourth-order valence-corrected chi connectivity index (χ4v) is 2.04. The van der Waals surface area contributed by atoms with E-state index in [-0.39, 0.29) is 0 Å². The first-order valence-corrected chi connectivity index (χ1v) is 6.12. The highest BCUT2D eigenvalue weighted by Crippen LogP contribution is 2.34. The molecule has 0 aliphatic carbocycles. The van der Waals surface area contributed by atoms with Crippen molar-refractivity contribution in [3.05, 3.63) is 60.3 Å². The Hall–Kier alpha value is -2.55. The molecule has 0 unspecified atom stereocenters. The second kappa shape index (κ2) is 4.61. The lowest BCUT2D eigenvalue weighted by molar-refractivity contribution is 0.490. The SMILES string of the molecule is Cc1cccc(Oc2c(N)cnc3ccccc23)c1. The van der Waals surface area contributed by atoms with Crippen LogP contribution in [0.2, 0.25) is 0 Å². The third-order valence-electron chi connectivity index (χ3n) is 2.96. The molecule has 0 aliphatic heterocycles.